The van der Waals surface area contributed by atoms with Crippen molar-refractivity contribution in [3.63, 3.8) is 0 Å². The fourth-order valence-electron chi connectivity index (χ4n) is 3.00. The number of aromatic nitrogens is 2. The quantitative estimate of drug-likeness (QED) is 0.869. The third kappa shape index (κ3) is 3.17. The van der Waals surface area contributed by atoms with E-state index in [-0.39, 0.29) is 11.6 Å². The first-order chi connectivity index (χ1) is 9.86. The lowest BCUT2D eigenvalue weighted by molar-refractivity contribution is 0.0173. The van der Waals surface area contributed by atoms with E-state index in [1.54, 1.807) is 0 Å². The van der Waals surface area contributed by atoms with E-state index in [9.17, 15) is 8.42 Å². The molecular formula is C13H20N4O3S. The number of sulfonamides is 1. The summed E-state index contributed by atoms with van der Waals surface area (Å²) < 4.78 is 30.6. The predicted octanol–water partition coefficient (Wildman–Crippen LogP) is 0.390. The summed E-state index contributed by atoms with van der Waals surface area (Å²) in [4.78, 5) is 0. The number of ether oxygens (including phenoxy) is 1. The van der Waals surface area contributed by atoms with Crippen LogP contribution in [0, 0.1) is 6.92 Å². The molecule has 21 heavy (non-hydrogen) atoms. The van der Waals surface area contributed by atoms with Gasteiger partial charge in [0.15, 0.2) is 0 Å². The van der Waals surface area contributed by atoms with Gasteiger partial charge in [0.1, 0.15) is 5.82 Å². The van der Waals surface area contributed by atoms with E-state index in [0.29, 0.717) is 19.7 Å². The van der Waals surface area contributed by atoms with Gasteiger partial charge in [0.05, 0.1) is 30.2 Å². The molecule has 0 aromatic carbocycles. The molecule has 0 saturated carbocycles. The molecule has 1 N–H and O–H groups in total. The highest BCUT2D eigenvalue weighted by molar-refractivity contribution is 7.88. The second-order valence-corrected chi connectivity index (χ2v) is 7.93. The molecule has 3 heterocycles. The standard InChI is InChI=1S/C13H20N4O3S/c1-10-3-4-12(16-15-10)14-11-7-13(20-8-11)5-6-17(9-13)21(2,18)19/h3-4,11H,5-9H2,1-2H3,(H,14,16)/t11-,13-/m1/s1. The summed E-state index contributed by atoms with van der Waals surface area (Å²) in [6.45, 7) is 3.44. The van der Waals surface area contributed by atoms with Crippen molar-refractivity contribution >= 4 is 15.8 Å². The van der Waals surface area contributed by atoms with Crippen LogP contribution in [-0.2, 0) is 14.8 Å². The van der Waals surface area contributed by atoms with Crippen molar-refractivity contribution in [1.82, 2.24) is 14.5 Å². The van der Waals surface area contributed by atoms with E-state index in [4.69, 9.17) is 4.74 Å². The van der Waals surface area contributed by atoms with Crippen molar-refractivity contribution in [2.45, 2.75) is 31.4 Å². The maximum atomic E-state index is 11.6. The average Bonchev–Trinajstić information content (AvgIpc) is 3.00. The van der Waals surface area contributed by atoms with Crippen LogP contribution in [0.2, 0.25) is 0 Å². The van der Waals surface area contributed by atoms with Gasteiger partial charge in [0.25, 0.3) is 0 Å². The van der Waals surface area contributed by atoms with Crippen LogP contribution >= 0.6 is 0 Å². The number of hydrogen-bond acceptors (Lipinski definition) is 6. The normalized spacial score (nSPS) is 30.1. The lowest BCUT2D eigenvalue weighted by atomic mass is 9.97. The van der Waals surface area contributed by atoms with E-state index in [0.717, 1.165) is 24.4 Å². The highest BCUT2D eigenvalue weighted by atomic mass is 32.2. The second kappa shape index (κ2) is 5.19. The molecular weight excluding hydrogens is 292 g/mol. The van der Waals surface area contributed by atoms with Crippen molar-refractivity contribution in [2.24, 2.45) is 0 Å². The first-order valence-electron chi connectivity index (χ1n) is 7.02. The van der Waals surface area contributed by atoms with E-state index in [1.807, 2.05) is 19.1 Å². The maximum Gasteiger partial charge on any atom is 0.211 e. The first-order valence-corrected chi connectivity index (χ1v) is 8.87. The molecule has 0 aliphatic carbocycles. The van der Waals surface area contributed by atoms with Crippen LogP contribution in [0.25, 0.3) is 0 Å². The van der Waals surface area contributed by atoms with E-state index in [1.165, 1.54) is 10.6 Å². The van der Waals surface area contributed by atoms with Gasteiger partial charge in [0.2, 0.25) is 10.0 Å². The Morgan fingerprint density at radius 2 is 2.24 bits per heavy atom. The Morgan fingerprint density at radius 3 is 2.86 bits per heavy atom. The highest BCUT2D eigenvalue weighted by Crippen LogP contribution is 2.36. The van der Waals surface area contributed by atoms with Crippen LogP contribution in [0.4, 0.5) is 5.82 Å². The minimum atomic E-state index is -3.14. The molecule has 3 rings (SSSR count). The molecule has 116 valence electrons. The Kier molecular flexibility index (Phi) is 3.62. The molecule has 0 radical (unpaired) electrons. The SMILES string of the molecule is Cc1ccc(N[C@H]2CO[C@]3(CCN(S(C)(=O)=O)C3)C2)nn1. The van der Waals surface area contributed by atoms with Gasteiger partial charge in [-0.05, 0) is 25.5 Å². The van der Waals surface area contributed by atoms with Crippen LogP contribution in [0.15, 0.2) is 12.1 Å². The molecule has 7 nitrogen and oxygen atoms in total. The van der Waals surface area contributed by atoms with Crippen LogP contribution in [0.5, 0.6) is 0 Å². The molecule has 2 fully saturated rings. The van der Waals surface area contributed by atoms with Gasteiger partial charge in [-0.3, -0.25) is 0 Å². The van der Waals surface area contributed by atoms with Gasteiger partial charge in [-0.2, -0.15) is 9.40 Å². The van der Waals surface area contributed by atoms with Crippen molar-refractivity contribution in [3.05, 3.63) is 17.8 Å². The summed E-state index contributed by atoms with van der Waals surface area (Å²) in [5, 5.41) is 11.4. The van der Waals surface area contributed by atoms with Crippen molar-refractivity contribution in [3.8, 4) is 0 Å². The molecule has 1 aromatic rings. The minimum absolute atomic E-state index is 0.140. The van der Waals surface area contributed by atoms with Gasteiger partial charge < -0.3 is 10.1 Å². The van der Waals surface area contributed by atoms with Crippen LogP contribution in [-0.4, -0.2) is 60.5 Å². The summed E-state index contributed by atoms with van der Waals surface area (Å²) in [5.41, 5.74) is 0.526. The van der Waals surface area contributed by atoms with E-state index in [2.05, 4.69) is 15.5 Å². The number of aryl methyl sites for hydroxylation is 1. The Labute approximate surface area is 124 Å². The second-order valence-electron chi connectivity index (χ2n) is 5.95. The zero-order valence-corrected chi connectivity index (χ0v) is 13.1. The molecule has 1 aromatic heterocycles. The first kappa shape index (κ1) is 14.7. The molecule has 2 saturated heterocycles. The number of hydrogen-bond donors (Lipinski definition) is 1. The number of rotatable bonds is 3. The summed E-state index contributed by atoms with van der Waals surface area (Å²) in [6, 6.07) is 3.94. The van der Waals surface area contributed by atoms with E-state index < -0.39 is 10.0 Å². The lowest BCUT2D eigenvalue weighted by Gasteiger charge is -2.22. The fraction of sp³-hybridized carbons (Fsp3) is 0.692. The highest BCUT2D eigenvalue weighted by Gasteiger charge is 2.47. The van der Waals surface area contributed by atoms with Crippen LogP contribution in [0.1, 0.15) is 18.5 Å². The zero-order valence-electron chi connectivity index (χ0n) is 12.2. The molecule has 2 aliphatic rings. The van der Waals surface area contributed by atoms with Gasteiger partial charge in [0, 0.05) is 19.5 Å². The zero-order chi connectivity index (χ0) is 15.1. The fourth-order valence-corrected chi connectivity index (χ4v) is 3.89. The number of anilines is 1. The summed E-state index contributed by atoms with van der Waals surface area (Å²) in [6.07, 6.45) is 2.78. The molecule has 8 heteroatoms. The minimum Gasteiger partial charge on any atom is -0.371 e. The topological polar surface area (TPSA) is 84.4 Å². The monoisotopic (exact) mass is 312 g/mol. The predicted molar refractivity (Wildman–Crippen MR) is 78.5 cm³/mol. The smallest absolute Gasteiger partial charge is 0.211 e. The number of nitrogens with zero attached hydrogens (tertiary/aromatic N) is 3. The average molecular weight is 312 g/mol. The van der Waals surface area contributed by atoms with Crippen LogP contribution in [0.3, 0.4) is 0 Å². The van der Waals surface area contributed by atoms with E-state index >= 15 is 0 Å². The van der Waals surface area contributed by atoms with Gasteiger partial charge >= 0.3 is 0 Å². The van der Waals surface area contributed by atoms with Gasteiger partial charge in [-0.25, -0.2) is 8.42 Å². The molecule has 0 amide bonds. The maximum absolute atomic E-state index is 11.6. The molecule has 0 bridgehead atoms. The summed E-state index contributed by atoms with van der Waals surface area (Å²) in [7, 11) is -3.14. The Hall–Kier alpha value is -1.25. The van der Waals surface area contributed by atoms with Crippen molar-refractivity contribution < 1.29 is 13.2 Å². The Bertz CT molecular complexity index is 619. The van der Waals surface area contributed by atoms with Crippen LogP contribution < -0.4 is 5.32 Å². The van der Waals surface area contributed by atoms with Gasteiger partial charge in [-0.15, -0.1) is 5.10 Å². The Morgan fingerprint density at radius 1 is 1.43 bits per heavy atom. The Balaban J connectivity index is 1.62. The summed E-state index contributed by atoms with van der Waals surface area (Å²) in [5.74, 6) is 0.726. The lowest BCUT2D eigenvalue weighted by Crippen LogP contribution is -2.35. The number of nitrogens with one attached hydrogen (secondary N) is 1. The molecule has 0 unspecified atom stereocenters. The third-order valence-corrected chi connectivity index (χ3v) is 5.36. The third-order valence-electron chi connectivity index (χ3n) is 4.11. The molecule has 1 spiro atoms. The van der Waals surface area contributed by atoms with Gasteiger partial charge in [-0.1, -0.05) is 0 Å². The summed E-state index contributed by atoms with van der Waals surface area (Å²) >= 11 is 0. The van der Waals surface area contributed by atoms with Crippen molar-refractivity contribution in [2.75, 3.05) is 31.3 Å². The van der Waals surface area contributed by atoms with Crippen molar-refractivity contribution in [1.29, 1.82) is 0 Å². The molecule has 2 aliphatic heterocycles. The molecule has 2 atom stereocenters. The largest absolute Gasteiger partial charge is 0.371 e.